The molecule has 0 saturated carbocycles. The van der Waals surface area contributed by atoms with Crippen LogP contribution in [0.3, 0.4) is 0 Å². The summed E-state index contributed by atoms with van der Waals surface area (Å²) in [5.41, 5.74) is 1.38. The van der Waals surface area contributed by atoms with E-state index in [4.69, 9.17) is 0 Å². The van der Waals surface area contributed by atoms with E-state index >= 15 is 0 Å². The predicted molar refractivity (Wildman–Crippen MR) is 84.1 cm³/mol. The molecule has 0 saturated heterocycles. The molecule has 22 heavy (non-hydrogen) atoms. The molecule has 1 heterocycles. The van der Waals surface area contributed by atoms with Crippen LogP contribution in [0, 0.1) is 0 Å². The highest BCUT2D eigenvalue weighted by Gasteiger charge is 2.14. The van der Waals surface area contributed by atoms with Gasteiger partial charge in [0.15, 0.2) is 0 Å². The number of fused-ring (bicyclic) bond motifs is 1. The first-order chi connectivity index (χ1) is 10.3. The number of para-hydroxylation sites is 2. The Labute approximate surface area is 128 Å². The first kappa shape index (κ1) is 16.3. The molecule has 0 aliphatic rings. The number of amides is 1. The number of rotatable bonds is 6. The van der Waals surface area contributed by atoms with Crippen LogP contribution in [0.1, 0.15) is 19.8 Å². The van der Waals surface area contributed by atoms with Crippen molar-refractivity contribution in [3.63, 3.8) is 0 Å². The van der Waals surface area contributed by atoms with Gasteiger partial charge in [0, 0.05) is 19.5 Å². The Balaban J connectivity index is 2.30. The fraction of sp³-hybridized carbons (Fsp3) is 0.429. The lowest BCUT2D eigenvalue weighted by Crippen LogP contribution is -2.31. The minimum atomic E-state index is -3.58. The van der Waals surface area contributed by atoms with Gasteiger partial charge in [0.25, 0.3) is 0 Å². The van der Waals surface area contributed by atoms with Crippen LogP contribution in [-0.2, 0) is 27.9 Å². The summed E-state index contributed by atoms with van der Waals surface area (Å²) < 4.78 is 27.1. The van der Waals surface area contributed by atoms with Crippen molar-refractivity contribution in [2.45, 2.75) is 32.9 Å². The van der Waals surface area contributed by atoms with E-state index in [1.807, 2.05) is 35.9 Å². The molecule has 1 aromatic heterocycles. The Kier molecular flexibility index (Phi) is 4.70. The van der Waals surface area contributed by atoms with Gasteiger partial charge in [-0.05, 0) is 18.6 Å². The summed E-state index contributed by atoms with van der Waals surface area (Å²) in [7, 11) is -3.58. The van der Waals surface area contributed by atoms with Crippen molar-refractivity contribution in [2.75, 3.05) is 6.26 Å². The summed E-state index contributed by atoms with van der Waals surface area (Å²) in [6.45, 7) is 2.72. The third-order valence-electron chi connectivity index (χ3n) is 3.23. The quantitative estimate of drug-likeness (QED) is 0.845. The van der Waals surface area contributed by atoms with Crippen molar-refractivity contribution >= 4 is 27.0 Å². The maximum Gasteiger partial charge on any atom is 0.329 e. The Morgan fingerprint density at radius 1 is 1.14 bits per heavy atom. The van der Waals surface area contributed by atoms with Crippen molar-refractivity contribution in [3.05, 3.63) is 34.7 Å². The van der Waals surface area contributed by atoms with Crippen LogP contribution in [0.25, 0.3) is 11.0 Å². The Morgan fingerprint density at radius 3 is 2.18 bits per heavy atom. The van der Waals surface area contributed by atoms with Crippen molar-refractivity contribution in [1.82, 2.24) is 13.9 Å². The molecule has 1 aromatic carbocycles. The standard InChI is InChI=1S/C14H19N3O4S/c1-3-9-16-11-6-4-5-7-12(11)17(14(16)19)10-8-13(18)15-22(2,20)21/h4-7H,3,8-10H2,1-2H3,(H,15,18). The predicted octanol–water partition coefficient (Wildman–Crippen LogP) is 0.679. The average molecular weight is 325 g/mol. The topological polar surface area (TPSA) is 90.2 Å². The molecule has 0 aliphatic carbocycles. The van der Waals surface area contributed by atoms with Gasteiger partial charge in [-0.1, -0.05) is 19.1 Å². The van der Waals surface area contributed by atoms with E-state index in [2.05, 4.69) is 0 Å². The largest absolute Gasteiger partial charge is 0.329 e. The van der Waals surface area contributed by atoms with E-state index in [1.54, 1.807) is 4.57 Å². The summed E-state index contributed by atoms with van der Waals surface area (Å²) in [6, 6.07) is 7.36. The van der Waals surface area contributed by atoms with Gasteiger partial charge in [0.2, 0.25) is 15.9 Å². The van der Waals surface area contributed by atoms with Gasteiger partial charge in [-0.15, -0.1) is 0 Å². The van der Waals surface area contributed by atoms with Gasteiger partial charge in [-0.2, -0.15) is 0 Å². The van der Waals surface area contributed by atoms with Crippen LogP contribution in [-0.4, -0.2) is 29.7 Å². The van der Waals surface area contributed by atoms with Gasteiger partial charge >= 0.3 is 5.69 Å². The zero-order chi connectivity index (χ0) is 16.3. The van der Waals surface area contributed by atoms with E-state index < -0.39 is 15.9 Å². The Hall–Kier alpha value is -2.09. The van der Waals surface area contributed by atoms with Crippen LogP contribution in [0.5, 0.6) is 0 Å². The lowest BCUT2D eigenvalue weighted by molar-refractivity contribution is -0.119. The Morgan fingerprint density at radius 2 is 1.68 bits per heavy atom. The molecule has 2 aromatic rings. The summed E-state index contributed by atoms with van der Waals surface area (Å²) in [5, 5.41) is 0. The molecule has 0 radical (unpaired) electrons. The first-order valence-corrected chi connectivity index (χ1v) is 8.91. The third-order valence-corrected chi connectivity index (χ3v) is 3.83. The van der Waals surface area contributed by atoms with Crippen LogP contribution in [0.2, 0.25) is 0 Å². The molecular weight excluding hydrogens is 306 g/mol. The number of imidazole rings is 1. The van der Waals surface area contributed by atoms with E-state index in [0.29, 0.717) is 6.54 Å². The van der Waals surface area contributed by atoms with Gasteiger partial charge in [-0.3, -0.25) is 18.7 Å². The molecule has 1 amide bonds. The zero-order valence-electron chi connectivity index (χ0n) is 12.6. The smallest absolute Gasteiger partial charge is 0.292 e. The van der Waals surface area contributed by atoms with Crippen LogP contribution in [0.15, 0.2) is 29.1 Å². The number of nitrogens with one attached hydrogen (secondary N) is 1. The molecule has 0 aliphatic heterocycles. The molecule has 7 nitrogen and oxygen atoms in total. The minimum absolute atomic E-state index is 0.0763. The molecule has 1 N–H and O–H groups in total. The number of aromatic nitrogens is 2. The van der Waals surface area contributed by atoms with E-state index in [-0.39, 0.29) is 18.7 Å². The van der Waals surface area contributed by atoms with E-state index in [9.17, 15) is 18.0 Å². The molecular formula is C14H19N3O4S. The molecule has 0 unspecified atom stereocenters. The van der Waals surface area contributed by atoms with Gasteiger partial charge < -0.3 is 0 Å². The fourth-order valence-electron chi connectivity index (χ4n) is 2.40. The number of hydrogen-bond donors (Lipinski definition) is 1. The number of benzene rings is 1. The maximum atomic E-state index is 12.5. The second-order valence-electron chi connectivity index (χ2n) is 5.12. The third kappa shape index (κ3) is 3.56. The van der Waals surface area contributed by atoms with Crippen molar-refractivity contribution < 1.29 is 13.2 Å². The summed E-state index contributed by atoms with van der Waals surface area (Å²) in [6.07, 6.45) is 1.67. The second kappa shape index (κ2) is 6.35. The molecule has 0 fully saturated rings. The monoisotopic (exact) mass is 325 g/mol. The fourth-order valence-corrected chi connectivity index (χ4v) is 2.92. The van der Waals surface area contributed by atoms with Gasteiger partial charge in [0.05, 0.1) is 17.3 Å². The highest BCUT2D eigenvalue weighted by Crippen LogP contribution is 2.13. The Bertz CT molecular complexity index is 849. The number of carbonyl (C=O) groups excluding carboxylic acids is 1. The SMILES string of the molecule is CCCn1c(=O)n(CCC(=O)NS(C)(=O)=O)c2ccccc21. The molecule has 2 rings (SSSR count). The zero-order valence-corrected chi connectivity index (χ0v) is 13.4. The maximum absolute atomic E-state index is 12.5. The van der Waals surface area contributed by atoms with Gasteiger partial charge in [0.1, 0.15) is 0 Å². The normalized spacial score (nSPS) is 11.7. The van der Waals surface area contributed by atoms with Crippen LogP contribution in [0.4, 0.5) is 0 Å². The highest BCUT2D eigenvalue weighted by molar-refractivity contribution is 7.89. The molecule has 0 spiro atoms. The van der Waals surface area contributed by atoms with Crippen LogP contribution < -0.4 is 10.4 Å². The molecule has 120 valence electrons. The van der Waals surface area contributed by atoms with E-state index in [0.717, 1.165) is 23.7 Å². The summed E-state index contributed by atoms with van der Waals surface area (Å²) >= 11 is 0. The van der Waals surface area contributed by atoms with Gasteiger partial charge in [-0.25, -0.2) is 13.2 Å². The minimum Gasteiger partial charge on any atom is -0.292 e. The van der Waals surface area contributed by atoms with E-state index in [1.165, 1.54) is 4.57 Å². The van der Waals surface area contributed by atoms with Crippen molar-refractivity contribution in [1.29, 1.82) is 0 Å². The lowest BCUT2D eigenvalue weighted by atomic mass is 10.3. The summed E-state index contributed by atoms with van der Waals surface area (Å²) in [4.78, 5) is 24.1. The van der Waals surface area contributed by atoms with Crippen molar-refractivity contribution in [2.24, 2.45) is 0 Å². The van der Waals surface area contributed by atoms with Crippen molar-refractivity contribution in [3.8, 4) is 0 Å². The number of nitrogens with zero attached hydrogens (tertiary/aromatic N) is 2. The van der Waals surface area contributed by atoms with Crippen LogP contribution >= 0.6 is 0 Å². The molecule has 0 bridgehead atoms. The summed E-state index contributed by atoms with van der Waals surface area (Å²) in [5.74, 6) is -0.623. The second-order valence-corrected chi connectivity index (χ2v) is 6.87. The number of carbonyl (C=O) groups is 1. The molecule has 0 atom stereocenters. The first-order valence-electron chi connectivity index (χ1n) is 7.02. The lowest BCUT2D eigenvalue weighted by Gasteiger charge is -2.04. The number of hydrogen-bond acceptors (Lipinski definition) is 4. The number of sulfonamides is 1. The molecule has 8 heteroatoms. The highest BCUT2D eigenvalue weighted by atomic mass is 32.2. The number of aryl methyl sites for hydroxylation is 2. The average Bonchev–Trinajstić information content (AvgIpc) is 2.68.